The minimum absolute atomic E-state index is 0.0200. The van der Waals surface area contributed by atoms with Crippen molar-refractivity contribution in [1.82, 2.24) is 0 Å². The minimum Gasteiger partial charge on any atom is -0.371 e. The molecule has 0 amide bonds. The maximum atomic E-state index is 11.6. The van der Waals surface area contributed by atoms with Gasteiger partial charge in [-0.15, -0.1) is 0 Å². The molecule has 9 heteroatoms. The molecule has 1 aliphatic rings. The molecule has 0 atom stereocenters. The van der Waals surface area contributed by atoms with Crippen molar-refractivity contribution in [2.45, 2.75) is 19.8 Å². The summed E-state index contributed by atoms with van der Waals surface area (Å²) in [6.45, 7) is 2.54. The summed E-state index contributed by atoms with van der Waals surface area (Å²) < 4.78 is 22.3. The van der Waals surface area contributed by atoms with Crippen molar-refractivity contribution in [3.05, 3.63) is 33.9 Å². The number of Topliss-reactive ketones (excluding diaryl/α,β-unsaturated/α-hetero) is 1. The number of nitrogens with two attached hydrogens (primary N) is 1. The Bertz CT molecular complexity index is 724. The number of nitrogens with zero attached hydrogens (tertiary/aromatic N) is 2. The van der Waals surface area contributed by atoms with Gasteiger partial charge < -0.3 is 4.90 Å². The van der Waals surface area contributed by atoms with E-state index in [1.165, 1.54) is 19.1 Å². The first kappa shape index (κ1) is 17.4. The van der Waals surface area contributed by atoms with Crippen LogP contribution < -0.4 is 10.0 Å². The summed E-state index contributed by atoms with van der Waals surface area (Å²) >= 11 is 0. The Balaban J connectivity index is 2.14. The number of piperidine rings is 1. The lowest BCUT2D eigenvalue weighted by Crippen LogP contribution is -2.37. The van der Waals surface area contributed by atoms with Crippen LogP contribution in [-0.4, -0.2) is 38.0 Å². The molecule has 1 aromatic rings. The summed E-state index contributed by atoms with van der Waals surface area (Å²) in [7, 11) is -3.48. The number of carbonyl (C=O) groups is 1. The van der Waals surface area contributed by atoms with Gasteiger partial charge >= 0.3 is 0 Å². The van der Waals surface area contributed by atoms with Gasteiger partial charge in [-0.2, -0.15) is 0 Å². The van der Waals surface area contributed by atoms with Crippen LogP contribution in [0.25, 0.3) is 0 Å². The third-order valence-electron chi connectivity index (χ3n) is 4.00. The van der Waals surface area contributed by atoms with Crippen molar-refractivity contribution in [2.24, 2.45) is 11.1 Å². The van der Waals surface area contributed by atoms with Crippen molar-refractivity contribution >= 4 is 27.2 Å². The summed E-state index contributed by atoms with van der Waals surface area (Å²) in [5, 5.41) is 16.0. The van der Waals surface area contributed by atoms with Gasteiger partial charge in [0.15, 0.2) is 5.78 Å². The molecule has 2 rings (SSSR count). The van der Waals surface area contributed by atoms with Gasteiger partial charge in [-0.1, -0.05) is 0 Å². The number of hydrogen-bond donors (Lipinski definition) is 1. The van der Waals surface area contributed by atoms with E-state index in [1.54, 1.807) is 6.07 Å². The second kappa shape index (κ2) is 6.63. The first-order valence-electron chi connectivity index (χ1n) is 7.22. The first-order valence-corrected chi connectivity index (χ1v) is 8.93. The highest BCUT2D eigenvalue weighted by Crippen LogP contribution is 2.29. The van der Waals surface area contributed by atoms with Gasteiger partial charge in [0, 0.05) is 24.8 Å². The van der Waals surface area contributed by atoms with Gasteiger partial charge in [0.1, 0.15) is 0 Å². The number of carbonyl (C=O) groups excluding carboxylic acids is 1. The highest BCUT2D eigenvalue weighted by Gasteiger charge is 2.25. The van der Waals surface area contributed by atoms with E-state index in [2.05, 4.69) is 0 Å². The average molecular weight is 341 g/mol. The molecule has 0 unspecified atom stereocenters. The van der Waals surface area contributed by atoms with Crippen LogP contribution in [0.4, 0.5) is 11.4 Å². The molecular formula is C14H19N3O5S. The van der Waals surface area contributed by atoms with E-state index in [0.717, 1.165) is 5.69 Å². The first-order chi connectivity index (χ1) is 10.7. The summed E-state index contributed by atoms with van der Waals surface area (Å²) in [6, 6.07) is 4.48. The average Bonchev–Trinajstić information content (AvgIpc) is 2.45. The number of nitro benzene ring substituents is 1. The van der Waals surface area contributed by atoms with Crippen LogP contribution in [0.1, 0.15) is 30.1 Å². The van der Waals surface area contributed by atoms with Crippen LogP contribution in [0.3, 0.4) is 0 Å². The normalized spacial score (nSPS) is 16.3. The van der Waals surface area contributed by atoms with Gasteiger partial charge in [-0.25, -0.2) is 13.6 Å². The van der Waals surface area contributed by atoms with Gasteiger partial charge in [0.05, 0.1) is 16.2 Å². The third kappa shape index (κ3) is 4.49. The van der Waals surface area contributed by atoms with Gasteiger partial charge in [-0.05, 0) is 37.8 Å². The fourth-order valence-electron chi connectivity index (χ4n) is 2.85. The Labute approximate surface area is 134 Å². The van der Waals surface area contributed by atoms with Crippen LogP contribution in [0.2, 0.25) is 0 Å². The molecule has 2 N–H and O–H groups in total. The fraction of sp³-hybridized carbons (Fsp3) is 0.500. The SMILES string of the molecule is CC(=O)c1cc(N2CCC(CS(N)(=O)=O)CC2)ccc1[N+](=O)[O-]. The molecular weight excluding hydrogens is 322 g/mol. The van der Waals surface area contributed by atoms with E-state index in [9.17, 15) is 23.3 Å². The molecule has 1 saturated heterocycles. The Morgan fingerprint density at radius 3 is 2.48 bits per heavy atom. The monoisotopic (exact) mass is 341 g/mol. The van der Waals surface area contributed by atoms with Crippen LogP contribution >= 0.6 is 0 Å². The number of sulfonamides is 1. The second-order valence-corrected chi connectivity index (χ2v) is 7.43. The van der Waals surface area contributed by atoms with Crippen molar-refractivity contribution in [2.75, 3.05) is 23.7 Å². The van der Waals surface area contributed by atoms with E-state index < -0.39 is 14.9 Å². The molecule has 0 bridgehead atoms. The van der Waals surface area contributed by atoms with Crippen LogP contribution in [0.5, 0.6) is 0 Å². The smallest absolute Gasteiger partial charge is 0.280 e. The Hall–Kier alpha value is -2.00. The van der Waals surface area contributed by atoms with Gasteiger partial charge in [0.25, 0.3) is 5.69 Å². The maximum Gasteiger partial charge on any atom is 0.280 e. The number of nitro groups is 1. The largest absolute Gasteiger partial charge is 0.371 e. The molecule has 1 aliphatic heterocycles. The van der Waals surface area contributed by atoms with Crippen molar-refractivity contribution in [3.8, 4) is 0 Å². The van der Waals surface area contributed by atoms with Crippen molar-refractivity contribution < 1.29 is 18.1 Å². The standard InChI is InChI=1S/C14H19N3O5S/c1-10(18)13-8-12(2-3-14(13)17(19)20)16-6-4-11(5-7-16)9-23(15,21)22/h2-3,8,11H,4-7,9H2,1H3,(H2,15,21,22). The lowest BCUT2D eigenvalue weighted by molar-refractivity contribution is -0.385. The Kier molecular flexibility index (Phi) is 5.00. The Morgan fingerprint density at radius 1 is 1.39 bits per heavy atom. The lowest BCUT2D eigenvalue weighted by Gasteiger charge is -2.33. The second-order valence-electron chi connectivity index (χ2n) is 5.77. The van der Waals surface area contributed by atoms with Crippen LogP contribution in [-0.2, 0) is 10.0 Å². The molecule has 8 nitrogen and oxygen atoms in total. The fourth-order valence-corrected chi connectivity index (χ4v) is 3.84. The highest BCUT2D eigenvalue weighted by molar-refractivity contribution is 7.89. The molecule has 0 radical (unpaired) electrons. The maximum absolute atomic E-state index is 11.6. The molecule has 0 aromatic heterocycles. The topological polar surface area (TPSA) is 124 Å². The predicted molar refractivity (Wildman–Crippen MR) is 86.0 cm³/mol. The highest BCUT2D eigenvalue weighted by atomic mass is 32.2. The molecule has 1 heterocycles. The van der Waals surface area contributed by atoms with E-state index in [1.807, 2.05) is 4.90 Å². The quantitative estimate of drug-likeness (QED) is 0.489. The minimum atomic E-state index is -3.48. The molecule has 1 aromatic carbocycles. The summed E-state index contributed by atoms with van der Waals surface area (Å²) in [4.78, 5) is 24.0. The van der Waals surface area contributed by atoms with Crippen LogP contribution in [0, 0.1) is 16.0 Å². The summed E-state index contributed by atoms with van der Waals surface area (Å²) in [5.41, 5.74) is 0.611. The lowest BCUT2D eigenvalue weighted by atomic mass is 9.98. The van der Waals surface area contributed by atoms with E-state index in [0.29, 0.717) is 25.9 Å². The number of benzene rings is 1. The van der Waals surface area contributed by atoms with E-state index in [-0.39, 0.29) is 28.7 Å². The number of anilines is 1. The molecule has 0 aliphatic carbocycles. The summed E-state index contributed by atoms with van der Waals surface area (Å²) in [5.74, 6) is -0.367. The number of primary sulfonamides is 1. The van der Waals surface area contributed by atoms with E-state index in [4.69, 9.17) is 5.14 Å². The Morgan fingerprint density at radius 2 is 2.00 bits per heavy atom. The van der Waals surface area contributed by atoms with Crippen LogP contribution in [0.15, 0.2) is 18.2 Å². The zero-order valence-corrected chi connectivity index (χ0v) is 13.6. The number of hydrogen-bond acceptors (Lipinski definition) is 6. The molecule has 0 saturated carbocycles. The molecule has 23 heavy (non-hydrogen) atoms. The zero-order chi connectivity index (χ0) is 17.2. The van der Waals surface area contributed by atoms with Crippen molar-refractivity contribution in [1.29, 1.82) is 0 Å². The van der Waals surface area contributed by atoms with Gasteiger partial charge in [0.2, 0.25) is 10.0 Å². The summed E-state index contributed by atoms with van der Waals surface area (Å²) in [6.07, 6.45) is 1.34. The van der Waals surface area contributed by atoms with Crippen molar-refractivity contribution in [3.63, 3.8) is 0 Å². The molecule has 126 valence electrons. The third-order valence-corrected chi connectivity index (χ3v) is 4.94. The zero-order valence-electron chi connectivity index (χ0n) is 12.8. The van der Waals surface area contributed by atoms with Gasteiger partial charge in [-0.3, -0.25) is 14.9 Å². The molecule has 0 spiro atoms. The number of rotatable bonds is 5. The molecule has 1 fully saturated rings. The predicted octanol–water partition coefficient (Wildman–Crippen LogP) is 1.30. The number of ketones is 1. The van der Waals surface area contributed by atoms with E-state index >= 15 is 0 Å².